The van der Waals surface area contributed by atoms with E-state index in [2.05, 4.69) is 15.5 Å². The molecule has 2 amide bonds. The average Bonchev–Trinajstić information content (AvgIpc) is 2.46. The summed E-state index contributed by atoms with van der Waals surface area (Å²) < 4.78 is 37.9. The summed E-state index contributed by atoms with van der Waals surface area (Å²) in [6, 6.07) is -0.248. The van der Waals surface area contributed by atoms with Gasteiger partial charge in [0.15, 0.2) is 0 Å². The highest BCUT2D eigenvalue weighted by atomic mass is 19.4. The van der Waals surface area contributed by atoms with E-state index in [-0.39, 0.29) is 32.2 Å². The van der Waals surface area contributed by atoms with Gasteiger partial charge in [-0.25, -0.2) is 4.79 Å². The lowest BCUT2D eigenvalue weighted by atomic mass is 10.2. The first kappa shape index (κ1) is 15.5. The zero-order valence-corrected chi connectivity index (χ0v) is 11.5. The van der Waals surface area contributed by atoms with Crippen LogP contribution in [-0.2, 0) is 0 Å². The molecule has 116 valence electrons. The minimum absolute atomic E-state index is 0.197. The van der Waals surface area contributed by atoms with Crippen LogP contribution in [0.2, 0.25) is 0 Å². The molecular formula is C12H16F3N5O. The Kier molecular flexibility index (Phi) is 4.61. The monoisotopic (exact) mass is 303 g/mol. The van der Waals surface area contributed by atoms with Gasteiger partial charge in [-0.2, -0.15) is 23.4 Å². The molecule has 9 heteroatoms. The lowest BCUT2D eigenvalue weighted by Crippen LogP contribution is -2.55. The van der Waals surface area contributed by atoms with Crippen LogP contribution in [0.25, 0.3) is 0 Å². The van der Waals surface area contributed by atoms with Crippen LogP contribution in [0.15, 0.2) is 18.5 Å². The van der Waals surface area contributed by atoms with Crippen molar-refractivity contribution in [2.75, 3.05) is 31.5 Å². The van der Waals surface area contributed by atoms with Crippen molar-refractivity contribution in [3.05, 3.63) is 18.5 Å². The number of nitrogens with one attached hydrogen (secondary N) is 1. The molecule has 0 aromatic carbocycles. The lowest BCUT2D eigenvalue weighted by Gasteiger charge is -2.38. The van der Waals surface area contributed by atoms with Crippen molar-refractivity contribution in [2.45, 2.75) is 19.1 Å². The molecular weight excluding hydrogens is 287 g/mol. The molecule has 1 aliphatic rings. The minimum Gasteiger partial charge on any atom is -0.322 e. The Hall–Kier alpha value is -1.90. The van der Waals surface area contributed by atoms with Crippen molar-refractivity contribution in [1.29, 1.82) is 0 Å². The van der Waals surface area contributed by atoms with Crippen molar-refractivity contribution in [3.63, 3.8) is 0 Å². The third-order valence-corrected chi connectivity index (χ3v) is 3.46. The molecule has 1 atom stereocenters. The quantitative estimate of drug-likeness (QED) is 0.901. The van der Waals surface area contributed by atoms with Gasteiger partial charge >= 0.3 is 12.2 Å². The van der Waals surface area contributed by atoms with E-state index in [4.69, 9.17) is 0 Å². The van der Waals surface area contributed by atoms with Crippen LogP contribution in [0.1, 0.15) is 6.92 Å². The number of anilines is 1. The van der Waals surface area contributed by atoms with Crippen LogP contribution in [0.3, 0.4) is 0 Å². The number of amides is 2. The number of carbonyl (C=O) groups is 1. The SMILES string of the molecule is CC(N1CCN(C(=O)Nc2ccnnc2)CC1)C(F)(F)F. The van der Waals surface area contributed by atoms with Crippen molar-refractivity contribution >= 4 is 11.7 Å². The Labute approximate surface area is 119 Å². The van der Waals surface area contributed by atoms with E-state index in [1.807, 2.05) is 0 Å². The van der Waals surface area contributed by atoms with E-state index >= 15 is 0 Å². The van der Waals surface area contributed by atoms with E-state index in [1.54, 1.807) is 6.07 Å². The zero-order valence-electron chi connectivity index (χ0n) is 11.5. The summed E-state index contributed by atoms with van der Waals surface area (Å²) in [6.07, 6.45) is -1.40. The fourth-order valence-electron chi connectivity index (χ4n) is 2.09. The fraction of sp³-hybridized carbons (Fsp3) is 0.583. The van der Waals surface area contributed by atoms with Gasteiger partial charge < -0.3 is 10.2 Å². The maximum atomic E-state index is 12.6. The third kappa shape index (κ3) is 4.03. The highest BCUT2D eigenvalue weighted by molar-refractivity contribution is 5.89. The van der Waals surface area contributed by atoms with Gasteiger partial charge in [-0.1, -0.05) is 0 Å². The molecule has 0 bridgehead atoms. The van der Waals surface area contributed by atoms with E-state index in [0.29, 0.717) is 5.69 Å². The maximum absolute atomic E-state index is 12.6. The summed E-state index contributed by atoms with van der Waals surface area (Å²) in [5, 5.41) is 9.85. The zero-order chi connectivity index (χ0) is 15.5. The first-order valence-corrected chi connectivity index (χ1v) is 6.51. The van der Waals surface area contributed by atoms with Crippen molar-refractivity contribution in [3.8, 4) is 0 Å². The molecule has 1 saturated heterocycles. The van der Waals surface area contributed by atoms with Gasteiger partial charge in [-0.15, -0.1) is 0 Å². The summed E-state index contributed by atoms with van der Waals surface area (Å²) in [4.78, 5) is 14.8. The number of rotatable bonds is 2. The first-order chi connectivity index (χ1) is 9.88. The van der Waals surface area contributed by atoms with Crippen molar-refractivity contribution in [2.24, 2.45) is 0 Å². The molecule has 1 unspecified atom stereocenters. The van der Waals surface area contributed by atoms with Crippen LogP contribution >= 0.6 is 0 Å². The second-order valence-electron chi connectivity index (χ2n) is 4.80. The van der Waals surface area contributed by atoms with Gasteiger partial charge in [0.2, 0.25) is 0 Å². The molecule has 1 aromatic heterocycles. The van der Waals surface area contributed by atoms with E-state index < -0.39 is 12.2 Å². The molecule has 6 nitrogen and oxygen atoms in total. The van der Waals surface area contributed by atoms with E-state index in [0.717, 1.165) is 6.92 Å². The molecule has 1 aromatic rings. The number of piperazine rings is 1. The number of hydrogen-bond donors (Lipinski definition) is 1. The molecule has 0 aliphatic carbocycles. The normalized spacial score (nSPS) is 18.4. The smallest absolute Gasteiger partial charge is 0.322 e. The van der Waals surface area contributed by atoms with Crippen molar-refractivity contribution < 1.29 is 18.0 Å². The lowest BCUT2D eigenvalue weighted by molar-refractivity contribution is -0.181. The highest BCUT2D eigenvalue weighted by Gasteiger charge is 2.41. The Bertz CT molecular complexity index is 474. The molecule has 2 heterocycles. The predicted octanol–water partition coefficient (Wildman–Crippen LogP) is 1.58. The topological polar surface area (TPSA) is 61.4 Å². The molecule has 1 aliphatic heterocycles. The van der Waals surface area contributed by atoms with E-state index in [9.17, 15) is 18.0 Å². The van der Waals surface area contributed by atoms with Gasteiger partial charge in [-0.3, -0.25) is 4.90 Å². The number of carbonyl (C=O) groups excluding carboxylic acids is 1. The van der Waals surface area contributed by atoms with Crippen molar-refractivity contribution in [1.82, 2.24) is 20.0 Å². The van der Waals surface area contributed by atoms with Crippen LogP contribution in [0.5, 0.6) is 0 Å². The standard InChI is InChI=1S/C12H16F3N5O/c1-9(12(13,14)15)19-4-6-20(7-5-19)11(21)18-10-2-3-16-17-8-10/h2-3,8-9H,4-7H2,1H3,(H,16,18,21). The second-order valence-corrected chi connectivity index (χ2v) is 4.80. The van der Waals surface area contributed by atoms with Gasteiger partial charge in [-0.05, 0) is 13.0 Å². The summed E-state index contributed by atoms with van der Waals surface area (Å²) in [5.74, 6) is 0. The van der Waals surface area contributed by atoms with Crippen LogP contribution in [-0.4, -0.2) is 64.4 Å². The molecule has 0 radical (unpaired) electrons. The van der Waals surface area contributed by atoms with Gasteiger partial charge in [0.05, 0.1) is 18.1 Å². The van der Waals surface area contributed by atoms with Gasteiger partial charge in [0.1, 0.15) is 6.04 Å². The number of nitrogens with zero attached hydrogens (tertiary/aromatic N) is 4. The van der Waals surface area contributed by atoms with Crippen LogP contribution < -0.4 is 5.32 Å². The average molecular weight is 303 g/mol. The number of urea groups is 1. The fourth-order valence-corrected chi connectivity index (χ4v) is 2.09. The molecule has 1 fully saturated rings. The Morgan fingerprint density at radius 2 is 1.95 bits per heavy atom. The highest BCUT2D eigenvalue weighted by Crippen LogP contribution is 2.25. The number of hydrogen-bond acceptors (Lipinski definition) is 4. The second kappa shape index (κ2) is 6.25. The number of aromatic nitrogens is 2. The van der Waals surface area contributed by atoms with Crippen LogP contribution in [0.4, 0.5) is 23.7 Å². The molecule has 21 heavy (non-hydrogen) atoms. The molecule has 2 rings (SSSR count). The summed E-state index contributed by atoms with van der Waals surface area (Å²) >= 11 is 0. The molecule has 0 saturated carbocycles. The first-order valence-electron chi connectivity index (χ1n) is 6.51. The molecule has 0 spiro atoms. The van der Waals surface area contributed by atoms with E-state index in [1.165, 1.54) is 22.2 Å². The minimum atomic E-state index is -4.24. The third-order valence-electron chi connectivity index (χ3n) is 3.46. The van der Waals surface area contributed by atoms with Gasteiger partial charge in [0.25, 0.3) is 0 Å². The Morgan fingerprint density at radius 1 is 1.29 bits per heavy atom. The largest absolute Gasteiger partial charge is 0.403 e. The summed E-state index contributed by atoms with van der Waals surface area (Å²) in [6.45, 7) is 2.04. The maximum Gasteiger partial charge on any atom is 0.403 e. The van der Waals surface area contributed by atoms with Gasteiger partial charge in [0, 0.05) is 26.2 Å². The summed E-state index contributed by atoms with van der Waals surface area (Å²) in [7, 11) is 0. The Balaban J connectivity index is 1.85. The Morgan fingerprint density at radius 3 is 2.48 bits per heavy atom. The predicted molar refractivity (Wildman–Crippen MR) is 69.7 cm³/mol. The molecule has 1 N–H and O–H groups in total. The number of alkyl halides is 3. The summed E-state index contributed by atoms with van der Waals surface area (Å²) in [5.41, 5.74) is 0.501. The van der Waals surface area contributed by atoms with Crippen LogP contribution in [0, 0.1) is 0 Å². The number of halogens is 3.